The van der Waals surface area contributed by atoms with Crippen molar-refractivity contribution in [1.29, 1.82) is 0 Å². The molecule has 0 aromatic heterocycles. The van der Waals surface area contributed by atoms with E-state index in [0.717, 1.165) is 40.8 Å². The van der Waals surface area contributed by atoms with Gasteiger partial charge in [0.25, 0.3) is 8.32 Å². The van der Waals surface area contributed by atoms with Crippen LogP contribution in [0, 0.1) is 11.8 Å². The van der Waals surface area contributed by atoms with Crippen molar-refractivity contribution < 1.29 is 28.3 Å². The van der Waals surface area contributed by atoms with Gasteiger partial charge in [-0.3, -0.25) is 4.79 Å². The van der Waals surface area contributed by atoms with Crippen LogP contribution < -0.4 is 21.0 Å². The lowest BCUT2D eigenvalue weighted by atomic mass is 9.84. The highest BCUT2D eigenvalue weighted by molar-refractivity contribution is 6.99. The smallest absolute Gasteiger partial charge is 0.408 e. The average molecular weight is 799 g/mol. The Kier molecular flexibility index (Phi) is 17.4. The molecule has 3 rings (SSSR count). The van der Waals surface area contributed by atoms with Crippen LogP contribution in [0.2, 0.25) is 5.04 Å². The Morgan fingerprint density at radius 1 is 0.702 bits per heavy atom. The molecule has 0 heterocycles. The van der Waals surface area contributed by atoms with Crippen molar-refractivity contribution in [2.24, 2.45) is 11.8 Å². The minimum absolute atomic E-state index is 0.0776. The first-order valence-corrected chi connectivity index (χ1v) is 22.6. The van der Waals surface area contributed by atoms with Gasteiger partial charge in [0.2, 0.25) is 5.91 Å². The summed E-state index contributed by atoms with van der Waals surface area (Å²) in [5.41, 5.74) is 0.243. The largest absolute Gasteiger partial charge is 0.458 e. The van der Waals surface area contributed by atoms with Crippen molar-refractivity contribution in [1.82, 2.24) is 10.6 Å². The van der Waals surface area contributed by atoms with Crippen LogP contribution in [0.5, 0.6) is 0 Å². The van der Waals surface area contributed by atoms with Gasteiger partial charge in [0.15, 0.2) is 0 Å². The highest BCUT2D eigenvalue weighted by atomic mass is 28.4. The number of esters is 1. The molecule has 0 unspecified atom stereocenters. The third kappa shape index (κ3) is 14.6. The van der Waals surface area contributed by atoms with E-state index in [1.807, 2.05) is 77.1 Å². The van der Waals surface area contributed by atoms with E-state index in [9.17, 15) is 14.4 Å². The third-order valence-electron chi connectivity index (χ3n) is 9.69. The molecule has 3 aromatic rings. The normalized spacial score (nSPS) is 14.4. The van der Waals surface area contributed by atoms with Gasteiger partial charge in [0.05, 0.1) is 6.61 Å². The van der Waals surface area contributed by atoms with Gasteiger partial charge in [-0.25, -0.2) is 9.59 Å². The molecule has 0 spiro atoms. The Morgan fingerprint density at radius 2 is 1.21 bits per heavy atom. The Labute approximate surface area is 344 Å². The lowest BCUT2D eigenvalue weighted by Crippen LogP contribution is -2.66. The quantitative estimate of drug-likeness (QED) is 0.0755. The van der Waals surface area contributed by atoms with Gasteiger partial charge in [0, 0.05) is 5.92 Å². The Balaban J connectivity index is 2.29. The molecule has 0 radical (unpaired) electrons. The fourth-order valence-corrected chi connectivity index (χ4v) is 11.8. The molecule has 8 nitrogen and oxygen atoms in total. The van der Waals surface area contributed by atoms with E-state index in [4.69, 9.17) is 13.9 Å². The second kappa shape index (κ2) is 21.0. The van der Waals surface area contributed by atoms with Crippen molar-refractivity contribution in [2.45, 2.75) is 144 Å². The number of carbonyl (C=O) groups is 3. The van der Waals surface area contributed by atoms with Crippen molar-refractivity contribution in [3.05, 3.63) is 102 Å². The zero-order valence-electron chi connectivity index (χ0n) is 36.7. The number of hydrogen-bond donors (Lipinski definition) is 2. The van der Waals surface area contributed by atoms with E-state index in [-0.39, 0.29) is 17.6 Å². The fourth-order valence-electron chi connectivity index (χ4n) is 7.26. The minimum atomic E-state index is -3.04. The topological polar surface area (TPSA) is 103 Å². The molecule has 0 bridgehead atoms. The van der Waals surface area contributed by atoms with Crippen LogP contribution in [0.25, 0.3) is 6.08 Å². The van der Waals surface area contributed by atoms with Crippen LogP contribution in [0.4, 0.5) is 4.79 Å². The third-order valence-corrected chi connectivity index (χ3v) is 14.7. The van der Waals surface area contributed by atoms with Crippen LogP contribution in [0.3, 0.4) is 0 Å². The summed E-state index contributed by atoms with van der Waals surface area (Å²) in [5, 5.41) is 8.01. The summed E-state index contributed by atoms with van der Waals surface area (Å²) in [6.07, 6.45) is 5.02. The fraction of sp³-hybridized carbons (Fsp3) is 0.521. The molecule has 9 heteroatoms. The van der Waals surface area contributed by atoms with Crippen LogP contribution in [0.15, 0.2) is 96.6 Å². The van der Waals surface area contributed by atoms with Crippen LogP contribution in [0.1, 0.15) is 121 Å². The maximum Gasteiger partial charge on any atom is 0.408 e. The van der Waals surface area contributed by atoms with Crippen molar-refractivity contribution in [2.75, 3.05) is 6.61 Å². The summed E-state index contributed by atoms with van der Waals surface area (Å²) < 4.78 is 19.1. The zero-order chi connectivity index (χ0) is 42.4. The number of ether oxygens (including phenoxy) is 2. The first-order chi connectivity index (χ1) is 26.7. The maximum absolute atomic E-state index is 14.9. The molecule has 2 amide bonds. The highest BCUT2D eigenvalue weighted by Crippen LogP contribution is 2.38. The molecule has 57 heavy (non-hydrogen) atoms. The van der Waals surface area contributed by atoms with Gasteiger partial charge < -0.3 is 24.5 Å². The summed E-state index contributed by atoms with van der Waals surface area (Å²) in [6, 6.07) is 28.9. The standard InChI is InChI=1S/C48H70N2O6Si/c1-13-14-18-31-40(42(50-45(53)56-47(7,8)9)43(51)49-41(32-35(2)3)44(52)55-46(4,5)6)37(33-36-25-19-15-20-26-36)34-54-57(48(10,11)12,38-27-21-16-22-28-38)39-29-23-17-24-30-39/h15-17,19-30,33,35,40-42H,13-14,18,31-32,34H2,1-12H3,(H,49,51)(H,50,53)/b37-33+/t40-,41+,42+/m1/s1. The summed E-state index contributed by atoms with van der Waals surface area (Å²) in [6.45, 7) is 23.8. The molecule has 0 saturated carbocycles. The van der Waals surface area contributed by atoms with Crippen molar-refractivity contribution >= 4 is 42.7 Å². The number of benzene rings is 3. The Bertz CT molecular complexity index is 1680. The molecule has 0 saturated heterocycles. The SMILES string of the molecule is CCCCC[C@H](/C(=C/c1ccccc1)CO[Si](c1ccccc1)(c1ccccc1)C(C)(C)C)[C@H](NC(=O)OC(C)(C)C)C(=O)N[C@@H](CC(C)C)C(=O)OC(C)(C)C. The number of unbranched alkanes of at least 4 members (excludes halogenated alkanes) is 2. The van der Waals surface area contributed by atoms with Gasteiger partial charge >= 0.3 is 12.1 Å². The number of nitrogens with one attached hydrogen (secondary N) is 2. The number of amides is 2. The van der Waals surface area contributed by atoms with Crippen LogP contribution in [-0.4, -0.2) is 56.2 Å². The predicted octanol–water partition coefficient (Wildman–Crippen LogP) is 9.61. The average Bonchev–Trinajstić information content (AvgIpc) is 3.11. The molecular formula is C48H70N2O6Si. The predicted molar refractivity (Wildman–Crippen MR) is 236 cm³/mol. The summed E-state index contributed by atoms with van der Waals surface area (Å²) in [4.78, 5) is 42.3. The lowest BCUT2D eigenvalue weighted by Gasteiger charge is -2.44. The maximum atomic E-state index is 14.9. The van der Waals surface area contributed by atoms with Crippen LogP contribution in [-0.2, 0) is 23.5 Å². The molecule has 3 atom stereocenters. The van der Waals surface area contributed by atoms with Gasteiger partial charge in [-0.1, -0.05) is 158 Å². The van der Waals surface area contributed by atoms with E-state index < -0.39 is 55.5 Å². The highest BCUT2D eigenvalue weighted by Gasteiger charge is 2.50. The monoisotopic (exact) mass is 799 g/mol. The minimum Gasteiger partial charge on any atom is -0.458 e. The second-order valence-electron chi connectivity index (χ2n) is 18.5. The number of rotatable bonds is 18. The zero-order valence-corrected chi connectivity index (χ0v) is 37.7. The molecule has 0 aliphatic rings. The van der Waals surface area contributed by atoms with Crippen LogP contribution >= 0.6 is 0 Å². The first-order valence-electron chi connectivity index (χ1n) is 20.7. The van der Waals surface area contributed by atoms with Crippen molar-refractivity contribution in [3.8, 4) is 0 Å². The number of carbonyl (C=O) groups excluding carboxylic acids is 3. The Morgan fingerprint density at radius 3 is 1.67 bits per heavy atom. The molecule has 312 valence electrons. The molecule has 0 aliphatic heterocycles. The number of alkyl carbamates (subject to hydrolysis) is 1. The van der Waals surface area contributed by atoms with E-state index in [1.54, 1.807) is 20.8 Å². The van der Waals surface area contributed by atoms with E-state index in [0.29, 0.717) is 12.8 Å². The molecule has 3 aromatic carbocycles. The lowest BCUT2D eigenvalue weighted by molar-refractivity contribution is -0.159. The van der Waals surface area contributed by atoms with Gasteiger partial charge in [-0.2, -0.15) is 0 Å². The van der Waals surface area contributed by atoms with E-state index >= 15 is 0 Å². The second-order valence-corrected chi connectivity index (χ2v) is 22.8. The van der Waals surface area contributed by atoms with Gasteiger partial charge in [-0.05, 0) is 86.9 Å². The first kappa shape index (κ1) is 47.2. The molecule has 0 fully saturated rings. The Hall–Kier alpha value is -4.21. The van der Waals surface area contributed by atoms with E-state index in [1.165, 1.54) is 0 Å². The summed E-state index contributed by atoms with van der Waals surface area (Å²) in [5.74, 6) is -1.45. The van der Waals surface area contributed by atoms with Gasteiger partial charge in [-0.15, -0.1) is 0 Å². The molecule has 0 aliphatic carbocycles. The number of hydrogen-bond acceptors (Lipinski definition) is 6. The molecular weight excluding hydrogens is 729 g/mol. The van der Waals surface area contributed by atoms with Gasteiger partial charge in [0.1, 0.15) is 23.3 Å². The molecule has 2 N–H and O–H groups in total. The summed E-state index contributed by atoms with van der Waals surface area (Å²) >= 11 is 0. The van der Waals surface area contributed by atoms with E-state index in [2.05, 4.69) is 92.9 Å². The summed E-state index contributed by atoms with van der Waals surface area (Å²) in [7, 11) is -3.04. The van der Waals surface area contributed by atoms with Crippen molar-refractivity contribution in [3.63, 3.8) is 0 Å².